The molecule has 1 aliphatic rings. The summed E-state index contributed by atoms with van der Waals surface area (Å²) < 4.78 is 1.90. The van der Waals surface area contributed by atoms with Gasteiger partial charge >= 0.3 is 0 Å². The van der Waals surface area contributed by atoms with E-state index in [1.54, 1.807) is 0 Å². The molecule has 2 N–H and O–H groups in total. The molecule has 1 fully saturated rings. The zero-order chi connectivity index (χ0) is 17.1. The SMILES string of the molecule is Cc1nn(-c2ccccc2)c(C)c1CNC(=O)[C@@H]1CCC(=O)NC1. The van der Waals surface area contributed by atoms with Crippen molar-refractivity contribution >= 4 is 11.8 Å². The Morgan fingerprint density at radius 1 is 1.33 bits per heavy atom. The Kier molecular flexibility index (Phi) is 4.64. The lowest BCUT2D eigenvalue weighted by Gasteiger charge is -2.21. The van der Waals surface area contributed by atoms with Gasteiger partial charge in [0, 0.05) is 30.8 Å². The molecule has 1 aliphatic heterocycles. The van der Waals surface area contributed by atoms with Crippen LogP contribution in [-0.4, -0.2) is 28.1 Å². The lowest BCUT2D eigenvalue weighted by Crippen LogP contribution is -2.42. The van der Waals surface area contributed by atoms with Crippen molar-refractivity contribution in [2.24, 2.45) is 5.92 Å². The van der Waals surface area contributed by atoms with Crippen molar-refractivity contribution in [2.45, 2.75) is 33.2 Å². The van der Waals surface area contributed by atoms with Crippen LogP contribution in [0.1, 0.15) is 29.8 Å². The number of para-hydroxylation sites is 1. The molecule has 2 aromatic rings. The molecule has 0 saturated carbocycles. The number of rotatable bonds is 4. The smallest absolute Gasteiger partial charge is 0.225 e. The number of amides is 2. The van der Waals surface area contributed by atoms with E-state index in [9.17, 15) is 9.59 Å². The predicted molar refractivity (Wildman–Crippen MR) is 90.6 cm³/mol. The number of carbonyl (C=O) groups excluding carboxylic acids is 2. The normalized spacial score (nSPS) is 17.4. The number of aromatic nitrogens is 2. The van der Waals surface area contributed by atoms with Crippen LogP contribution >= 0.6 is 0 Å². The first kappa shape index (κ1) is 16.2. The lowest BCUT2D eigenvalue weighted by atomic mass is 9.98. The van der Waals surface area contributed by atoms with Gasteiger partial charge in [0.1, 0.15) is 0 Å². The number of aryl methyl sites for hydroxylation is 1. The minimum atomic E-state index is -0.146. The van der Waals surface area contributed by atoms with Gasteiger partial charge in [-0.1, -0.05) is 18.2 Å². The summed E-state index contributed by atoms with van der Waals surface area (Å²) in [5.74, 6) is -0.136. The summed E-state index contributed by atoms with van der Waals surface area (Å²) in [6, 6.07) is 9.94. The van der Waals surface area contributed by atoms with Crippen LogP contribution in [0.5, 0.6) is 0 Å². The quantitative estimate of drug-likeness (QED) is 0.897. The molecule has 6 heteroatoms. The first-order valence-corrected chi connectivity index (χ1v) is 8.21. The summed E-state index contributed by atoms with van der Waals surface area (Å²) in [7, 11) is 0. The van der Waals surface area contributed by atoms with E-state index in [4.69, 9.17) is 0 Å². The van der Waals surface area contributed by atoms with E-state index >= 15 is 0 Å². The maximum atomic E-state index is 12.3. The monoisotopic (exact) mass is 326 g/mol. The number of piperidine rings is 1. The maximum absolute atomic E-state index is 12.3. The molecule has 0 radical (unpaired) electrons. The van der Waals surface area contributed by atoms with E-state index in [0.29, 0.717) is 25.9 Å². The molecule has 1 aromatic heterocycles. The van der Waals surface area contributed by atoms with Crippen molar-refractivity contribution in [3.8, 4) is 5.69 Å². The molecular formula is C18H22N4O2. The minimum absolute atomic E-state index is 0.0127. The Balaban J connectivity index is 1.69. The van der Waals surface area contributed by atoms with Crippen molar-refractivity contribution in [1.29, 1.82) is 0 Å². The molecule has 1 aromatic carbocycles. The maximum Gasteiger partial charge on any atom is 0.225 e. The Labute approximate surface area is 141 Å². The first-order valence-electron chi connectivity index (χ1n) is 8.21. The van der Waals surface area contributed by atoms with E-state index < -0.39 is 0 Å². The van der Waals surface area contributed by atoms with Gasteiger partial charge in [-0.2, -0.15) is 5.10 Å². The summed E-state index contributed by atoms with van der Waals surface area (Å²) >= 11 is 0. The average Bonchev–Trinajstić information content (AvgIpc) is 2.88. The molecule has 24 heavy (non-hydrogen) atoms. The highest BCUT2D eigenvalue weighted by molar-refractivity contribution is 5.83. The fraction of sp³-hybridized carbons (Fsp3) is 0.389. The van der Waals surface area contributed by atoms with Crippen molar-refractivity contribution < 1.29 is 9.59 Å². The molecule has 1 atom stereocenters. The van der Waals surface area contributed by atoms with Crippen LogP contribution in [0.15, 0.2) is 30.3 Å². The van der Waals surface area contributed by atoms with Gasteiger partial charge in [-0.25, -0.2) is 4.68 Å². The molecule has 126 valence electrons. The summed E-state index contributed by atoms with van der Waals surface area (Å²) in [4.78, 5) is 23.5. The topological polar surface area (TPSA) is 76.0 Å². The fourth-order valence-corrected chi connectivity index (χ4v) is 3.03. The third-order valence-electron chi connectivity index (χ3n) is 4.52. The van der Waals surface area contributed by atoms with Crippen molar-refractivity contribution in [1.82, 2.24) is 20.4 Å². The molecular weight excluding hydrogens is 304 g/mol. The largest absolute Gasteiger partial charge is 0.355 e. The molecule has 2 heterocycles. The van der Waals surface area contributed by atoms with Crippen LogP contribution in [0.25, 0.3) is 5.69 Å². The molecule has 0 unspecified atom stereocenters. The second kappa shape index (κ2) is 6.86. The predicted octanol–water partition coefficient (Wildman–Crippen LogP) is 1.63. The van der Waals surface area contributed by atoms with E-state index in [0.717, 1.165) is 22.6 Å². The Hall–Kier alpha value is -2.63. The van der Waals surface area contributed by atoms with Gasteiger partial charge in [-0.05, 0) is 32.4 Å². The van der Waals surface area contributed by atoms with Gasteiger partial charge in [-0.15, -0.1) is 0 Å². The molecule has 1 saturated heterocycles. The highest BCUT2D eigenvalue weighted by Gasteiger charge is 2.24. The number of nitrogens with zero attached hydrogens (tertiary/aromatic N) is 2. The zero-order valence-corrected chi connectivity index (χ0v) is 14.0. The van der Waals surface area contributed by atoms with Crippen molar-refractivity contribution in [3.05, 3.63) is 47.3 Å². The van der Waals surface area contributed by atoms with E-state index in [-0.39, 0.29) is 17.7 Å². The Morgan fingerprint density at radius 2 is 2.08 bits per heavy atom. The van der Waals surface area contributed by atoms with Gasteiger partial charge in [0.25, 0.3) is 0 Å². The van der Waals surface area contributed by atoms with Gasteiger partial charge < -0.3 is 10.6 Å². The third kappa shape index (κ3) is 3.32. The van der Waals surface area contributed by atoms with Gasteiger partial charge in [-0.3, -0.25) is 9.59 Å². The second-order valence-corrected chi connectivity index (χ2v) is 6.15. The molecule has 2 amide bonds. The summed E-state index contributed by atoms with van der Waals surface area (Å²) in [5, 5.41) is 10.3. The van der Waals surface area contributed by atoms with E-state index in [2.05, 4.69) is 15.7 Å². The van der Waals surface area contributed by atoms with Crippen LogP contribution in [0.4, 0.5) is 0 Å². The number of hydrogen-bond acceptors (Lipinski definition) is 3. The van der Waals surface area contributed by atoms with Crippen LogP contribution in [0.3, 0.4) is 0 Å². The second-order valence-electron chi connectivity index (χ2n) is 6.15. The minimum Gasteiger partial charge on any atom is -0.355 e. The number of carbonyl (C=O) groups is 2. The van der Waals surface area contributed by atoms with Crippen LogP contribution in [0.2, 0.25) is 0 Å². The highest BCUT2D eigenvalue weighted by Crippen LogP contribution is 2.18. The number of nitrogens with one attached hydrogen (secondary N) is 2. The van der Waals surface area contributed by atoms with E-state index in [1.165, 1.54) is 0 Å². The first-order chi connectivity index (χ1) is 11.6. The van der Waals surface area contributed by atoms with Gasteiger partial charge in [0.15, 0.2) is 0 Å². The van der Waals surface area contributed by atoms with Crippen LogP contribution < -0.4 is 10.6 Å². The Morgan fingerprint density at radius 3 is 2.75 bits per heavy atom. The molecule has 0 bridgehead atoms. The van der Waals surface area contributed by atoms with Crippen molar-refractivity contribution in [3.63, 3.8) is 0 Å². The fourth-order valence-electron chi connectivity index (χ4n) is 3.03. The standard InChI is InChI=1S/C18H22N4O2/c1-12-16(11-20-18(24)14-8-9-17(23)19-10-14)13(2)22(21-12)15-6-4-3-5-7-15/h3-7,14H,8-11H2,1-2H3,(H,19,23)(H,20,24)/t14-/m1/s1. The van der Waals surface area contributed by atoms with Crippen LogP contribution in [0, 0.1) is 19.8 Å². The van der Waals surface area contributed by atoms with Crippen molar-refractivity contribution in [2.75, 3.05) is 6.54 Å². The Bertz CT molecular complexity index is 742. The lowest BCUT2D eigenvalue weighted by molar-refractivity contribution is -0.129. The third-order valence-corrected chi connectivity index (χ3v) is 4.52. The summed E-state index contributed by atoms with van der Waals surface area (Å²) in [6.07, 6.45) is 1.03. The van der Waals surface area contributed by atoms with Crippen LogP contribution in [-0.2, 0) is 16.1 Å². The average molecular weight is 326 g/mol. The van der Waals surface area contributed by atoms with Gasteiger partial charge in [0.2, 0.25) is 11.8 Å². The summed E-state index contributed by atoms with van der Waals surface area (Å²) in [6.45, 7) is 4.84. The number of hydrogen-bond donors (Lipinski definition) is 2. The molecule has 3 rings (SSSR count). The number of benzene rings is 1. The molecule has 0 spiro atoms. The molecule has 0 aliphatic carbocycles. The van der Waals surface area contributed by atoms with Gasteiger partial charge in [0.05, 0.1) is 17.3 Å². The zero-order valence-electron chi connectivity index (χ0n) is 14.0. The van der Waals surface area contributed by atoms with E-state index in [1.807, 2.05) is 48.9 Å². The highest BCUT2D eigenvalue weighted by atomic mass is 16.2. The summed E-state index contributed by atoms with van der Waals surface area (Å²) in [5.41, 5.74) is 3.97. The molecule has 6 nitrogen and oxygen atoms in total.